The summed E-state index contributed by atoms with van der Waals surface area (Å²) in [6.45, 7) is 3.08. The van der Waals surface area contributed by atoms with E-state index in [1.165, 1.54) is 0 Å². The van der Waals surface area contributed by atoms with Crippen LogP contribution >= 0.6 is 0 Å². The van der Waals surface area contributed by atoms with Gasteiger partial charge in [0.2, 0.25) is 0 Å². The minimum absolute atomic E-state index is 0.182. The average Bonchev–Trinajstić information content (AvgIpc) is 2.61. The Morgan fingerprint density at radius 3 is 3.27 bits per heavy atom. The lowest BCUT2D eigenvalue weighted by Gasteiger charge is -2.08. The predicted octanol–water partition coefficient (Wildman–Crippen LogP) is 1.44. The fourth-order valence-corrected chi connectivity index (χ4v) is 1.63. The van der Waals surface area contributed by atoms with Gasteiger partial charge >= 0.3 is 0 Å². The molecule has 0 saturated heterocycles. The fourth-order valence-electron chi connectivity index (χ4n) is 1.63. The Hall–Kier alpha value is -1.66. The van der Waals surface area contributed by atoms with Crippen molar-refractivity contribution in [3.8, 4) is 23.3 Å². The van der Waals surface area contributed by atoms with E-state index in [0.717, 1.165) is 11.3 Å². The van der Waals surface area contributed by atoms with E-state index in [9.17, 15) is 5.11 Å². The van der Waals surface area contributed by atoms with E-state index < -0.39 is 0 Å². The topological polar surface area (TPSA) is 41.5 Å². The molecule has 78 valence electrons. The monoisotopic (exact) mass is 203 g/mol. The van der Waals surface area contributed by atoms with Gasteiger partial charge in [-0.2, -0.15) is 0 Å². The molecule has 1 aliphatic rings. The quantitative estimate of drug-likeness (QED) is 0.715. The van der Waals surface area contributed by atoms with E-state index >= 15 is 0 Å². The minimum Gasteiger partial charge on any atom is -0.508 e. The number of hydrogen-bond acceptors (Lipinski definition) is 3. The van der Waals surface area contributed by atoms with E-state index in [2.05, 4.69) is 17.2 Å². The number of aromatic hydroxyl groups is 1. The smallest absolute Gasteiger partial charge is 0.127 e. The molecule has 1 aliphatic heterocycles. The summed E-state index contributed by atoms with van der Waals surface area (Å²) in [6, 6.07) is 5.38. The zero-order valence-corrected chi connectivity index (χ0v) is 8.58. The average molecular weight is 203 g/mol. The molecule has 0 saturated carbocycles. The Labute approximate surface area is 89.1 Å². The van der Waals surface area contributed by atoms with Crippen molar-refractivity contribution in [1.82, 2.24) is 5.32 Å². The third-order valence-electron chi connectivity index (χ3n) is 2.39. The van der Waals surface area contributed by atoms with Gasteiger partial charge in [0.25, 0.3) is 0 Å². The summed E-state index contributed by atoms with van der Waals surface area (Å²) in [4.78, 5) is 0. The van der Waals surface area contributed by atoms with Crippen molar-refractivity contribution in [2.24, 2.45) is 0 Å². The summed E-state index contributed by atoms with van der Waals surface area (Å²) in [5, 5.41) is 12.6. The van der Waals surface area contributed by atoms with E-state index in [0.29, 0.717) is 13.2 Å². The van der Waals surface area contributed by atoms with Crippen LogP contribution in [0, 0.1) is 11.8 Å². The molecule has 2 N–H and O–H groups in total. The second-order valence-electron chi connectivity index (χ2n) is 3.39. The number of benzene rings is 1. The van der Waals surface area contributed by atoms with Crippen molar-refractivity contribution in [2.75, 3.05) is 13.2 Å². The number of fused-ring (bicyclic) bond motifs is 1. The molecule has 1 aromatic carbocycles. The molecule has 3 nitrogen and oxygen atoms in total. The molecule has 2 rings (SSSR count). The van der Waals surface area contributed by atoms with Gasteiger partial charge in [-0.15, -0.1) is 5.92 Å². The number of phenolic OH excluding ortho intramolecular Hbond substituents is 1. The van der Waals surface area contributed by atoms with Crippen LogP contribution in [0.15, 0.2) is 18.2 Å². The van der Waals surface area contributed by atoms with Crippen LogP contribution in [0.3, 0.4) is 0 Å². The molecule has 0 amide bonds. The van der Waals surface area contributed by atoms with E-state index in [1.807, 2.05) is 13.0 Å². The Kier molecular flexibility index (Phi) is 2.79. The van der Waals surface area contributed by atoms with Gasteiger partial charge in [0.1, 0.15) is 18.1 Å². The molecule has 0 aliphatic carbocycles. The van der Waals surface area contributed by atoms with Gasteiger partial charge in [0.05, 0.1) is 12.6 Å². The van der Waals surface area contributed by atoms with Crippen molar-refractivity contribution < 1.29 is 9.84 Å². The maximum atomic E-state index is 9.27. The third kappa shape index (κ3) is 2.05. The molecule has 1 aromatic rings. The molecule has 15 heavy (non-hydrogen) atoms. The van der Waals surface area contributed by atoms with Crippen molar-refractivity contribution in [3.05, 3.63) is 23.8 Å². The van der Waals surface area contributed by atoms with E-state index in [4.69, 9.17) is 4.74 Å². The maximum absolute atomic E-state index is 9.27. The maximum Gasteiger partial charge on any atom is 0.127 e. The highest BCUT2D eigenvalue weighted by Gasteiger charge is 2.23. The lowest BCUT2D eigenvalue weighted by molar-refractivity contribution is 0.314. The number of hydrogen-bond donors (Lipinski definition) is 2. The molecule has 1 heterocycles. The molecule has 0 aromatic heterocycles. The molecule has 3 heteroatoms. The van der Waals surface area contributed by atoms with Crippen molar-refractivity contribution in [1.29, 1.82) is 0 Å². The molecule has 0 spiro atoms. The molecular formula is C12H13NO2. The Morgan fingerprint density at radius 1 is 1.60 bits per heavy atom. The molecule has 1 atom stereocenters. The third-order valence-corrected chi connectivity index (χ3v) is 2.39. The number of rotatable bonds is 2. The first-order valence-corrected chi connectivity index (χ1v) is 4.90. The van der Waals surface area contributed by atoms with Crippen LogP contribution in [0.1, 0.15) is 18.5 Å². The normalized spacial score (nSPS) is 17.5. The summed E-state index contributed by atoms with van der Waals surface area (Å²) in [5.74, 6) is 6.78. The molecule has 1 unspecified atom stereocenters. The van der Waals surface area contributed by atoms with Crippen LogP contribution < -0.4 is 10.1 Å². The van der Waals surface area contributed by atoms with Gasteiger partial charge in [-0.1, -0.05) is 5.92 Å². The van der Waals surface area contributed by atoms with Gasteiger partial charge in [-0.3, -0.25) is 5.32 Å². The Balaban J connectivity index is 2.10. The van der Waals surface area contributed by atoms with Gasteiger partial charge in [0, 0.05) is 11.6 Å². The van der Waals surface area contributed by atoms with Crippen molar-refractivity contribution >= 4 is 0 Å². The largest absolute Gasteiger partial charge is 0.508 e. The first-order chi connectivity index (χ1) is 7.31. The summed E-state index contributed by atoms with van der Waals surface area (Å²) < 4.78 is 5.45. The molecule has 0 radical (unpaired) electrons. The summed E-state index contributed by atoms with van der Waals surface area (Å²) in [6.07, 6.45) is 0. The number of ether oxygens (including phenoxy) is 1. The Bertz CT molecular complexity index is 417. The van der Waals surface area contributed by atoms with Crippen LogP contribution in [0.4, 0.5) is 0 Å². The number of phenols is 1. The van der Waals surface area contributed by atoms with E-state index in [-0.39, 0.29) is 11.8 Å². The summed E-state index contributed by atoms with van der Waals surface area (Å²) in [5.41, 5.74) is 1.09. The highest BCUT2D eigenvalue weighted by Crippen LogP contribution is 2.34. The van der Waals surface area contributed by atoms with Gasteiger partial charge in [-0.25, -0.2) is 0 Å². The van der Waals surface area contributed by atoms with Crippen LogP contribution in [0.5, 0.6) is 11.5 Å². The zero-order valence-electron chi connectivity index (χ0n) is 8.58. The van der Waals surface area contributed by atoms with Crippen molar-refractivity contribution in [3.63, 3.8) is 0 Å². The SMILES string of the molecule is CC#CCNC1COc2cc(O)ccc21. The lowest BCUT2D eigenvalue weighted by atomic mass is 10.1. The second kappa shape index (κ2) is 4.24. The van der Waals surface area contributed by atoms with Crippen LogP contribution in [0.25, 0.3) is 0 Å². The highest BCUT2D eigenvalue weighted by atomic mass is 16.5. The van der Waals surface area contributed by atoms with Crippen LogP contribution in [-0.2, 0) is 0 Å². The van der Waals surface area contributed by atoms with Crippen LogP contribution in [0.2, 0.25) is 0 Å². The highest BCUT2D eigenvalue weighted by molar-refractivity contribution is 5.44. The fraction of sp³-hybridized carbons (Fsp3) is 0.333. The van der Waals surface area contributed by atoms with Crippen LogP contribution in [-0.4, -0.2) is 18.3 Å². The zero-order chi connectivity index (χ0) is 10.7. The van der Waals surface area contributed by atoms with Gasteiger partial charge in [-0.05, 0) is 19.1 Å². The lowest BCUT2D eigenvalue weighted by Crippen LogP contribution is -2.22. The molecular weight excluding hydrogens is 190 g/mol. The van der Waals surface area contributed by atoms with Crippen molar-refractivity contribution in [2.45, 2.75) is 13.0 Å². The number of nitrogens with one attached hydrogen (secondary N) is 1. The molecule has 0 fully saturated rings. The molecule has 0 bridgehead atoms. The van der Waals surface area contributed by atoms with E-state index in [1.54, 1.807) is 12.1 Å². The standard InChI is InChI=1S/C12H13NO2/c1-2-3-6-13-11-8-15-12-7-9(14)4-5-10(11)12/h4-5,7,11,13-14H,6,8H2,1H3. The van der Waals surface area contributed by atoms with Gasteiger partial charge in [0.15, 0.2) is 0 Å². The van der Waals surface area contributed by atoms with Gasteiger partial charge < -0.3 is 9.84 Å². The summed E-state index contributed by atoms with van der Waals surface area (Å²) in [7, 11) is 0. The predicted molar refractivity (Wildman–Crippen MR) is 57.8 cm³/mol. The second-order valence-corrected chi connectivity index (χ2v) is 3.39. The first kappa shape index (κ1) is 9.88. The minimum atomic E-state index is 0.182. The summed E-state index contributed by atoms with van der Waals surface area (Å²) >= 11 is 0. The Morgan fingerprint density at radius 2 is 2.47 bits per heavy atom. The first-order valence-electron chi connectivity index (χ1n) is 4.90.